The summed E-state index contributed by atoms with van der Waals surface area (Å²) in [4.78, 5) is 8.61. The molecule has 0 fully saturated rings. The average Bonchev–Trinajstić information content (AvgIpc) is 2.78. The molecule has 0 atom stereocenters. The second-order valence-corrected chi connectivity index (χ2v) is 7.43. The number of rotatable bonds is 3. The molecule has 0 radical (unpaired) electrons. The van der Waals surface area contributed by atoms with Gasteiger partial charge < -0.3 is 4.42 Å². The quantitative estimate of drug-likeness (QED) is 0.340. The average molecular weight is 433 g/mol. The maximum absolute atomic E-state index is 6.43. The van der Waals surface area contributed by atoms with Gasteiger partial charge in [-0.25, -0.2) is 9.97 Å². The molecule has 0 saturated heterocycles. The third kappa shape index (κ3) is 3.49. The Kier molecular flexibility index (Phi) is 4.83. The van der Waals surface area contributed by atoms with Gasteiger partial charge in [0.1, 0.15) is 12.1 Å². The van der Waals surface area contributed by atoms with E-state index in [2.05, 4.69) is 20.5 Å². The van der Waals surface area contributed by atoms with E-state index in [1.807, 2.05) is 60.7 Å². The van der Waals surface area contributed by atoms with E-state index in [-0.39, 0.29) is 0 Å². The first-order chi connectivity index (χ1) is 14.7. The van der Waals surface area contributed by atoms with Gasteiger partial charge in [-0.3, -0.25) is 5.43 Å². The van der Waals surface area contributed by atoms with Crippen LogP contribution < -0.4 is 10.8 Å². The minimum atomic E-state index is 0.416. The van der Waals surface area contributed by atoms with Crippen LogP contribution in [0.4, 0.5) is 5.82 Å². The second-order valence-electron chi connectivity index (χ2n) is 6.59. The topological polar surface area (TPSA) is 63.3 Å². The lowest BCUT2D eigenvalue weighted by Gasteiger charge is -2.08. The van der Waals surface area contributed by atoms with Crippen molar-refractivity contribution in [1.29, 1.82) is 0 Å². The van der Waals surface area contributed by atoms with Crippen LogP contribution in [-0.4, -0.2) is 9.97 Å². The van der Waals surface area contributed by atoms with Crippen molar-refractivity contribution in [3.8, 4) is 11.3 Å². The minimum Gasteiger partial charge on any atom is -0.454 e. The van der Waals surface area contributed by atoms with Gasteiger partial charge >= 0.3 is 0 Å². The summed E-state index contributed by atoms with van der Waals surface area (Å²) in [6.45, 7) is 0. The van der Waals surface area contributed by atoms with Gasteiger partial charge in [0.15, 0.2) is 11.4 Å². The highest BCUT2D eigenvalue weighted by Crippen LogP contribution is 2.30. The van der Waals surface area contributed by atoms with Crippen LogP contribution >= 0.6 is 23.2 Å². The third-order valence-electron chi connectivity index (χ3n) is 4.65. The van der Waals surface area contributed by atoms with E-state index < -0.39 is 0 Å². The molecule has 5 nitrogen and oxygen atoms in total. The first-order valence-electron chi connectivity index (χ1n) is 9.17. The van der Waals surface area contributed by atoms with Gasteiger partial charge in [-0.1, -0.05) is 65.7 Å². The maximum Gasteiger partial charge on any atom is 0.157 e. The Morgan fingerprint density at radius 3 is 2.50 bits per heavy atom. The molecule has 5 aromatic rings. The highest BCUT2D eigenvalue weighted by molar-refractivity contribution is 6.38. The number of fused-ring (bicyclic) bond motifs is 2. The molecule has 2 heterocycles. The number of hydrogen-bond donors (Lipinski definition) is 1. The lowest BCUT2D eigenvalue weighted by molar-refractivity contribution is 0.618. The highest BCUT2D eigenvalue weighted by Gasteiger charge is 2.11. The van der Waals surface area contributed by atoms with Crippen LogP contribution in [0.3, 0.4) is 0 Å². The van der Waals surface area contributed by atoms with Crippen LogP contribution in [0.25, 0.3) is 33.2 Å². The molecule has 7 heteroatoms. The zero-order chi connectivity index (χ0) is 20.5. The first-order valence-corrected chi connectivity index (χ1v) is 9.92. The van der Waals surface area contributed by atoms with Crippen LogP contribution in [0.15, 0.2) is 88.6 Å². The van der Waals surface area contributed by atoms with Crippen molar-refractivity contribution >= 4 is 50.9 Å². The monoisotopic (exact) mass is 432 g/mol. The van der Waals surface area contributed by atoms with Gasteiger partial charge in [-0.05, 0) is 24.3 Å². The van der Waals surface area contributed by atoms with Crippen LogP contribution in [0.1, 0.15) is 0 Å². The van der Waals surface area contributed by atoms with Crippen molar-refractivity contribution in [2.24, 2.45) is 5.10 Å². The number of nitrogens with one attached hydrogen (secondary N) is 1. The molecule has 0 aliphatic carbocycles. The Hall–Kier alpha value is -3.41. The molecule has 0 unspecified atom stereocenters. The Bertz CT molecular complexity index is 1440. The van der Waals surface area contributed by atoms with Gasteiger partial charge in [-0.2, -0.15) is 5.10 Å². The summed E-state index contributed by atoms with van der Waals surface area (Å²) >= 11 is 12.7. The molecule has 0 aliphatic heterocycles. The van der Waals surface area contributed by atoms with Crippen LogP contribution in [0, 0.1) is 0 Å². The van der Waals surface area contributed by atoms with E-state index in [4.69, 9.17) is 27.6 Å². The predicted octanol–water partition coefficient (Wildman–Crippen LogP) is 6.28. The Balaban J connectivity index is 1.72. The zero-order valence-corrected chi connectivity index (χ0v) is 17.0. The van der Waals surface area contributed by atoms with Gasteiger partial charge in [0.25, 0.3) is 0 Å². The fraction of sp³-hybridized carbons (Fsp3) is 0. The van der Waals surface area contributed by atoms with Gasteiger partial charge in [0, 0.05) is 27.4 Å². The number of nitrogens with zero attached hydrogens (tertiary/aromatic N) is 3. The van der Waals surface area contributed by atoms with E-state index in [1.165, 1.54) is 6.33 Å². The molecule has 5 rings (SSSR count). The van der Waals surface area contributed by atoms with Crippen LogP contribution in [0.5, 0.6) is 0 Å². The van der Waals surface area contributed by atoms with Crippen molar-refractivity contribution in [2.45, 2.75) is 0 Å². The number of aromatic nitrogens is 2. The maximum atomic E-state index is 6.43. The summed E-state index contributed by atoms with van der Waals surface area (Å²) in [5, 5.41) is 7.71. The molecule has 30 heavy (non-hydrogen) atoms. The van der Waals surface area contributed by atoms with Crippen LogP contribution in [-0.2, 0) is 0 Å². The van der Waals surface area contributed by atoms with Crippen molar-refractivity contribution in [2.75, 3.05) is 5.43 Å². The smallest absolute Gasteiger partial charge is 0.157 e. The van der Waals surface area contributed by atoms with Gasteiger partial charge in [-0.15, -0.1) is 0 Å². The van der Waals surface area contributed by atoms with E-state index >= 15 is 0 Å². The molecular formula is C23H14Cl2N4O. The largest absolute Gasteiger partial charge is 0.454 e. The Labute approximate surface area is 181 Å². The molecule has 146 valence electrons. The number of hydrogen-bond acceptors (Lipinski definition) is 5. The fourth-order valence-corrected chi connectivity index (χ4v) is 3.77. The summed E-state index contributed by atoms with van der Waals surface area (Å²) < 4.78 is 6.09. The van der Waals surface area contributed by atoms with E-state index in [1.54, 1.807) is 12.1 Å². The Morgan fingerprint density at radius 1 is 0.833 bits per heavy atom. The standard InChI is InChI=1S/C23H14Cl2N4O/c24-15-10-17-20(28-29-23-16-8-4-5-9-19(16)26-13-27-23)12-21(14-6-2-1-3-7-14)30-22(17)18(25)11-15/h1-13H,(H,26,27,29). The zero-order valence-electron chi connectivity index (χ0n) is 15.5. The molecule has 0 spiro atoms. The summed E-state index contributed by atoms with van der Waals surface area (Å²) in [7, 11) is 0. The normalized spacial score (nSPS) is 11.9. The van der Waals surface area contributed by atoms with Crippen molar-refractivity contribution in [1.82, 2.24) is 9.97 Å². The van der Waals surface area contributed by atoms with Crippen molar-refractivity contribution < 1.29 is 4.42 Å². The van der Waals surface area contributed by atoms with E-state index in [0.29, 0.717) is 37.9 Å². The van der Waals surface area contributed by atoms with E-state index in [9.17, 15) is 0 Å². The molecule has 1 N–H and O–H groups in total. The summed E-state index contributed by atoms with van der Waals surface area (Å²) in [5.74, 6) is 1.24. The minimum absolute atomic E-state index is 0.416. The lowest BCUT2D eigenvalue weighted by Crippen LogP contribution is -2.08. The van der Waals surface area contributed by atoms with Gasteiger partial charge in [0.2, 0.25) is 0 Å². The molecule has 0 saturated carbocycles. The lowest BCUT2D eigenvalue weighted by atomic mass is 10.1. The second kappa shape index (κ2) is 7.78. The predicted molar refractivity (Wildman–Crippen MR) is 120 cm³/mol. The number of benzene rings is 3. The third-order valence-corrected chi connectivity index (χ3v) is 5.15. The highest BCUT2D eigenvalue weighted by atomic mass is 35.5. The van der Waals surface area contributed by atoms with Gasteiger partial charge in [0.05, 0.1) is 15.9 Å². The SMILES string of the molecule is Clc1cc(Cl)c2oc(-c3ccccc3)cc(=NNc3ncnc4ccccc34)c2c1. The molecule has 0 bridgehead atoms. The summed E-state index contributed by atoms with van der Waals surface area (Å²) in [6.07, 6.45) is 1.50. The number of halogens is 2. The van der Waals surface area contributed by atoms with E-state index in [0.717, 1.165) is 16.5 Å². The number of anilines is 1. The molecule has 0 amide bonds. The Morgan fingerprint density at radius 2 is 1.63 bits per heavy atom. The van der Waals surface area contributed by atoms with Crippen molar-refractivity contribution in [3.63, 3.8) is 0 Å². The molecule has 2 aromatic heterocycles. The molecule has 3 aromatic carbocycles. The molecule has 0 aliphatic rings. The van der Waals surface area contributed by atoms with Crippen LogP contribution in [0.2, 0.25) is 10.0 Å². The first kappa shape index (κ1) is 18.6. The summed E-state index contributed by atoms with van der Waals surface area (Å²) in [5.41, 5.74) is 5.31. The summed E-state index contributed by atoms with van der Waals surface area (Å²) in [6, 6.07) is 22.8. The molecular weight excluding hydrogens is 419 g/mol. The number of para-hydroxylation sites is 1. The van der Waals surface area contributed by atoms with Crippen molar-refractivity contribution in [3.05, 3.63) is 94.5 Å². The fourth-order valence-electron chi connectivity index (χ4n) is 3.24.